The Balaban J connectivity index is 1.82. The fraction of sp³-hybridized carbons (Fsp3) is 0.346. The van der Waals surface area contributed by atoms with Gasteiger partial charge in [-0.3, -0.25) is 0 Å². The molecule has 0 amide bonds. The summed E-state index contributed by atoms with van der Waals surface area (Å²) in [5.41, 5.74) is 5.87. The van der Waals surface area contributed by atoms with Gasteiger partial charge in [-0.25, -0.2) is 0 Å². The number of nitrogens with one attached hydrogen (secondary N) is 1. The first-order valence-corrected chi connectivity index (χ1v) is 10.5. The van der Waals surface area contributed by atoms with Crippen LogP contribution < -0.4 is 4.90 Å². The topological polar surface area (TPSA) is 33.2 Å². The van der Waals surface area contributed by atoms with Crippen molar-refractivity contribution in [3.8, 4) is 6.07 Å². The third kappa shape index (κ3) is 5.37. The summed E-state index contributed by atoms with van der Waals surface area (Å²) >= 11 is 0. The number of aryl methyl sites for hydroxylation is 1. The molecule has 1 aromatic heterocycles. The Morgan fingerprint density at radius 3 is 2.34 bits per heavy atom. The van der Waals surface area contributed by atoms with E-state index in [2.05, 4.69) is 87.0 Å². The van der Waals surface area contributed by atoms with Gasteiger partial charge in [-0.2, -0.15) is 5.26 Å². The van der Waals surface area contributed by atoms with Gasteiger partial charge in [-0.1, -0.05) is 61.9 Å². The zero-order valence-electron chi connectivity index (χ0n) is 18.0. The molecule has 3 aromatic rings. The maximum absolute atomic E-state index is 9.50. The largest absolute Gasteiger partial charge is 0.342 e. The van der Waals surface area contributed by atoms with Crippen LogP contribution >= 0.6 is 0 Å². The Morgan fingerprint density at radius 1 is 0.931 bits per heavy atom. The molecule has 0 saturated heterocycles. The predicted octanol–water partition coefficient (Wildman–Crippen LogP) is 4.35. The highest BCUT2D eigenvalue weighted by Crippen LogP contribution is 2.11. The zero-order chi connectivity index (χ0) is 20.8. The monoisotopic (exact) mass is 386 g/mol. The summed E-state index contributed by atoms with van der Waals surface area (Å²) in [6.07, 6.45) is 2.18. The molecule has 0 aliphatic rings. The van der Waals surface area contributed by atoms with Gasteiger partial charge in [0.05, 0.1) is 23.4 Å². The zero-order valence-corrected chi connectivity index (χ0v) is 18.0. The fourth-order valence-corrected chi connectivity index (χ4v) is 3.77. The Bertz CT molecular complexity index is 960. The van der Waals surface area contributed by atoms with Crippen LogP contribution in [0, 0.1) is 24.2 Å². The van der Waals surface area contributed by atoms with Crippen LogP contribution in [0.2, 0.25) is 0 Å². The van der Waals surface area contributed by atoms with Crippen molar-refractivity contribution in [1.29, 1.82) is 5.26 Å². The number of hydrogen-bond donors (Lipinski definition) is 1. The van der Waals surface area contributed by atoms with E-state index >= 15 is 0 Å². The highest BCUT2D eigenvalue weighted by atomic mass is 15.2. The Labute approximate surface area is 175 Å². The average Bonchev–Trinajstić information content (AvgIpc) is 3.15. The van der Waals surface area contributed by atoms with E-state index in [1.54, 1.807) is 0 Å². The van der Waals surface area contributed by atoms with E-state index in [9.17, 15) is 5.26 Å². The molecule has 3 heteroatoms. The summed E-state index contributed by atoms with van der Waals surface area (Å²) < 4.78 is 2.36. The van der Waals surface area contributed by atoms with Gasteiger partial charge in [0.2, 0.25) is 0 Å². The van der Waals surface area contributed by atoms with Crippen LogP contribution in [0.1, 0.15) is 48.7 Å². The van der Waals surface area contributed by atoms with E-state index < -0.39 is 0 Å². The van der Waals surface area contributed by atoms with E-state index in [1.807, 2.05) is 18.2 Å². The van der Waals surface area contributed by atoms with Crippen molar-refractivity contribution >= 4 is 0 Å². The lowest BCUT2D eigenvalue weighted by atomic mass is 10.0. The van der Waals surface area contributed by atoms with Crippen LogP contribution in [0.5, 0.6) is 0 Å². The fourth-order valence-electron chi connectivity index (χ4n) is 3.77. The summed E-state index contributed by atoms with van der Waals surface area (Å²) in [6, 6.07) is 24.0. The Hall–Kier alpha value is -2.83. The van der Waals surface area contributed by atoms with Gasteiger partial charge >= 0.3 is 0 Å². The summed E-state index contributed by atoms with van der Waals surface area (Å²) in [4.78, 5) is 1.49. The highest BCUT2D eigenvalue weighted by molar-refractivity contribution is 5.36. The van der Waals surface area contributed by atoms with Gasteiger partial charge in [-0.05, 0) is 37.6 Å². The summed E-state index contributed by atoms with van der Waals surface area (Å²) in [5, 5.41) is 9.50. The molecule has 3 rings (SSSR count). The lowest BCUT2D eigenvalue weighted by Gasteiger charge is -2.29. The molecule has 1 N–H and O–H groups in total. The second kappa shape index (κ2) is 9.58. The van der Waals surface area contributed by atoms with Crippen molar-refractivity contribution in [2.45, 2.75) is 53.4 Å². The number of nitrogens with zero attached hydrogens (tertiary/aromatic N) is 2. The molecule has 3 nitrogen and oxygen atoms in total. The van der Waals surface area contributed by atoms with Crippen molar-refractivity contribution in [2.24, 2.45) is 5.92 Å². The molecule has 1 heterocycles. The molecule has 150 valence electrons. The minimum Gasteiger partial charge on any atom is -0.342 e. The number of quaternary nitrogens is 1. The molecule has 1 unspecified atom stereocenters. The van der Waals surface area contributed by atoms with Crippen molar-refractivity contribution in [3.63, 3.8) is 0 Å². The van der Waals surface area contributed by atoms with Crippen LogP contribution in [0.15, 0.2) is 66.9 Å². The van der Waals surface area contributed by atoms with Gasteiger partial charge in [0.25, 0.3) is 0 Å². The van der Waals surface area contributed by atoms with E-state index in [0.29, 0.717) is 12.0 Å². The van der Waals surface area contributed by atoms with Crippen LogP contribution in [0.4, 0.5) is 0 Å². The standard InChI is InChI=1S/C26H31N3/c1-20(2)22(4)29(18-25-9-6-5-8-24(25)16-27)19-26-10-7-15-28(26)17-23-13-11-21(3)12-14-23/h5-15,20,22H,17-19H2,1-4H3/p+1/t22-/m1/s1. The van der Waals surface area contributed by atoms with Crippen molar-refractivity contribution < 1.29 is 4.90 Å². The quantitative estimate of drug-likeness (QED) is 0.614. The van der Waals surface area contributed by atoms with E-state index in [1.165, 1.54) is 21.7 Å². The lowest BCUT2D eigenvalue weighted by molar-refractivity contribution is -0.954. The predicted molar refractivity (Wildman–Crippen MR) is 119 cm³/mol. The Morgan fingerprint density at radius 2 is 1.66 bits per heavy atom. The van der Waals surface area contributed by atoms with Crippen molar-refractivity contribution in [2.75, 3.05) is 0 Å². The van der Waals surface area contributed by atoms with Crippen LogP contribution in [0.3, 0.4) is 0 Å². The number of rotatable bonds is 8. The third-order valence-electron chi connectivity index (χ3n) is 6.00. The molecule has 0 radical (unpaired) electrons. The molecular weight excluding hydrogens is 354 g/mol. The molecule has 2 atom stereocenters. The average molecular weight is 387 g/mol. The molecule has 0 aliphatic carbocycles. The first-order chi connectivity index (χ1) is 14.0. The highest BCUT2D eigenvalue weighted by Gasteiger charge is 2.23. The first kappa shape index (κ1) is 20.9. The molecule has 29 heavy (non-hydrogen) atoms. The number of hydrogen-bond acceptors (Lipinski definition) is 1. The SMILES string of the molecule is Cc1ccc(Cn2cccc2C[NH+](Cc2ccccc2C#N)[C@H](C)C(C)C)cc1. The van der Waals surface area contributed by atoms with Gasteiger partial charge in [0.1, 0.15) is 13.1 Å². The van der Waals surface area contributed by atoms with Gasteiger partial charge in [0, 0.05) is 24.2 Å². The summed E-state index contributed by atoms with van der Waals surface area (Å²) in [7, 11) is 0. The summed E-state index contributed by atoms with van der Waals surface area (Å²) in [6.45, 7) is 11.7. The van der Waals surface area contributed by atoms with Crippen LogP contribution in [-0.2, 0) is 19.6 Å². The second-order valence-corrected chi connectivity index (χ2v) is 8.43. The maximum atomic E-state index is 9.50. The van der Waals surface area contributed by atoms with E-state index in [0.717, 1.165) is 30.8 Å². The van der Waals surface area contributed by atoms with E-state index in [-0.39, 0.29) is 0 Å². The Kier molecular flexibility index (Phi) is 6.90. The van der Waals surface area contributed by atoms with Gasteiger partial charge in [0.15, 0.2) is 0 Å². The van der Waals surface area contributed by atoms with Crippen LogP contribution in [-0.4, -0.2) is 10.6 Å². The smallest absolute Gasteiger partial charge is 0.118 e. The molecule has 0 fully saturated rings. The maximum Gasteiger partial charge on any atom is 0.118 e. The molecular formula is C26H32N3+. The van der Waals surface area contributed by atoms with Crippen molar-refractivity contribution in [3.05, 3.63) is 94.8 Å². The minimum absolute atomic E-state index is 0.490. The molecule has 0 aliphatic heterocycles. The van der Waals surface area contributed by atoms with Crippen LogP contribution in [0.25, 0.3) is 0 Å². The second-order valence-electron chi connectivity index (χ2n) is 8.43. The van der Waals surface area contributed by atoms with Gasteiger partial charge < -0.3 is 9.47 Å². The minimum atomic E-state index is 0.490. The van der Waals surface area contributed by atoms with Gasteiger partial charge in [-0.15, -0.1) is 0 Å². The number of nitriles is 1. The number of benzene rings is 2. The lowest BCUT2D eigenvalue weighted by Crippen LogP contribution is -3.13. The molecule has 0 saturated carbocycles. The number of aromatic nitrogens is 1. The first-order valence-electron chi connectivity index (χ1n) is 10.5. The molecule has 2 aromatic carbocycles. The van der Waals surface area contributed by atoms with E-state index in [4.69, 9.17) is 0 Å². The van der Waals surface area contributed by atoms with Crippen molar-refractivity contribution in [1.82, 2.24) is 4.57 Å². The third-order valence-corrected chi connectivity index (χ3v) is 6.00. The molecule has 0 spiro atoms. The normalized spacial score (nSPS) is 13.2. The summed E-state index contributed by atoms with van der Waals surface area (Å²) in [5.74, 6) is 0.569. The molecule has 0 bridgehead atoms.